The van der Waals surface area contributed by atoms with Gasteiger partial charge >= 0.3 is 0 Å². The van der Waals surface area contributed by atoms with Gasteiger partial charge in [0.2, 0.25) is 10.0 Å². The Hall–Kier alpha value is -1.42. The predicted octanol–water partition coefficient (Wildman–Crippen LogP) is 1.62. The van der Waals surface area contributed by atoms with Crippen molar-refractivity contribution < 1.29 is 13.5 Å². The molecule has 0 aromatic heterocycles. The molecule has 1 aliphatic heterocycles. The van der Waals surface area contributed by atoms with Crippen molar-refractivity contribution in [1.29, 1.82) is 5.26 Å². The van der Waals surface area contributed by atoms with Gasteiger partial charge in [0.1, 0.15) is 0 Å². The van der Waals surface area contributed by atoms with Gasteiger partial charge in [-0.3, -0.25) is 0 Å². The van der Waals surface area contributed by atoms with Crippen LogP contribution in [0.5, 0.6) is 0 Å². The first kappa shape index (κ1) is 16.0. The van der Waals surface area contributed by atoms with Crippen LogP contribution in [0.1, 0.15) is 36.8 Å². The normalized spacial score (nSPS) is 20.1. The van der Waals surface area contributed by atoms with Crippen molar-refractivity contribution >= 4 is 10.0 Å². The molecule has 0 amide bonds. The Morgan fingerprint density at radius 1 is 1.29 bits per heavy atom. The third-order valence-electron chi connectivity index (χ3n) is 3.82. The highest BCUT2D eigenvalue weighted by atomic mass is 32.2. The van der Waals surface area contributed by atoms with Crippen LogP contribution < -0.4 is 0 Å². The summed E-state index contributed by atoms with van der Waals surface area (Å²) in [7, 11) is -3.39. The van der Waals surface area contributed by atoms with E-state index in [1.165, 1.54) is 0 Å². The first-order valence-electron chi connectivity index (χ1n) is 7.16. The van der Waals surface area contributed by atoms with Crippen molar-refractivity contribution in [2.24, 2.45) is 0 Å². The van der Waals surface area contributed by atoms with Gasteiger partial charge in [0, 0.05) is 19.2 Å². The summed E-state index contributed by atoms with van der Waals surface area (Å²) >= 11 is 0. The molecule has 1 unspecified atom stereocenters. The number of hydrogen-bond acceptors (Lipinski definition) is 4. The zero-order valence-corrected chi connectivity index (χ0v) is 12.7. The third kappa shape index (κ3) is 4.03. The molecule has 1 aromatic carbocycles. The fraction of sp³-hybridized carbons (Fsp3) is 0.533. The summed E-state index contributed by atoms with van der Waals surface area (Å²) < 4.78 is 26.7. The standard InChI is InChI=1S/C15H20N2O3S/c16-11-13-4-6-14(7-5-13)12-21(19,20)17-9-2-1-3-15(17)8-10-18/h4-7,15,18H,1-3,8-10,12H2. The van der Waals surface area contributed by atoms with Gasteiger partial charge in [-0.05, 0) is 37.0 Å². The summed E-state index contributed by atoms with van der Waals surface area (Å²) in [6.07, 6.45) is 3.18. The molecule has 0 saturated carbocycles. The Balaban J connectivity index is 2.14. The van der Waals surface area contributed by atoms with E-state index in [1.54, 1.807) is 28.6 Å². The fourth-order valence-corrected chi connectivity index (χ4v) is 4.60. The number of aliphatic hydroxyl groups is 1. The maximum absolute atomic E-state index is 12.6. The maximum atomic E-state index is 12.6. The van der Waals surface area contributed by atoms with Gasteiger partial charge in [-0.2, -0.15) is 9.57 Å². The minimum Gasteiger partial charge on any atom is -0.396 e. The SMILES string of the molecule is N#Cc1ccc(CS(=O)(=O)N2CCCCC2CCO)cc1. The fourth-order valence-electron chi connectivity index (χ4n) is 2.75. The number of hydrogen-bond donors (Lipinski definition) is 1. The molecule has 0 bridgehead atoms. The molecule has 0 aliphatic carbocycles. The second-order valence-corrected chi connectivity index (χ2v) is 7.26. The lowest BCUT2D eigenvalue weighted by Gasteiger charge is -2.34. The molecule has 1 atom stereocenters. The highest BCUT2D eigenvalue weighted by Gasteiger charge is 2.31. The molecule has 114 valence electrons. The van der Waals surface area contributed by atoms with Crippen molar-refractivity contribution in [1.82, 2.24) is 4.31 Å². The summed E-state index contributed by atoms with van der Waals surface area (Å²) in [4.78, 5) is 0. The van der Waals surface area contributed by atoms with Crippen LogP contribution in [-0.4, -0.2) is 37.0 Å². The summed E-state index contributed by atoms with van der Waals surface area (Å²) in [5.74, 6) is -0.0549. The molecule has 1 aromatic rings. The van der Waals surface area contributed by atoms with Gasteiger partial charge in [-0.15, -0.1) is 0 Å². The van der Waals surface area contributed by atoms with Crippen LogP contribution in [-0.2, 0) is 15.8 Å². The number of aliphatic hydroxyl groups excluding tert-OH is 1. The highest BCUT2D eigenvalue weighted by Crippen LogP contribution is 2.24. The summed E-state index contributed by atoms with van der Waals surface area (Å²) in [6.45, 7) is 0.539. The molecule has 0 spiro atoms. The number of nitriles is 1. The molecule has 0 radical (unpaired) electrons. The lowest BCUT2D eigenvalue weighted by atomic mass is 10.0. The molecule has 1 N–H and O–H groups in total. The minimum atomic E-state index is -3.39. The van der Waals surface area contributed by atoms with Crippen LogP contribution >= 0.6 is 0 Å². The molecule has 2 rings (SSSR count). The molecule has 1 fully saturated rings. The summed E-state index contributed by atoms with van der Waals surface area (Å²) in [6, 6.07) is 8.55. The zero-order chi connectivity index (χ0) is 15.3. The third-order valence-corrected chi connectivity index (χ3v) is 5.72. The van der Waals surface area contributed by atoms with Crippen molar-refractivity contribution in [3.05, 3.63) is 35.4 Å². The van der Waals surface area contributed by atoms with Crippen LogP contribution in [0.3, 0.4) is 0 Å². The van der Waals surface area contributed by atoms with E-state index in [4.69, 9.17) is 10.4 Å². The van der Waals surface area contributed by atoms with E-state index < -0.39 is 10.0 Å². The van der Waals surface area contributed by atoms with Gasteiger partial charge in [-0.1, -0.05) is 18.6 Å². The Labute approximate surface area is 125 Å². The zero-order valence-electron chi connectivity index (χ0n) is 11.9. The lowest BCUT2D eigenvalue weighted by Crippen LogP contribution is -2.44. The highest BCUT2D eigenvalue weighted by molar-refractivity contribution is 7.88. The van der Waals surface area contributed by atoms with E-state index >= 15 is 0 Å². The quantitative estimate of drug-likeness (QED) is 0.896. The summed E-state index contributed by atoms with van der Waals surface area (Å²) in [5, 5.41) is 17.9. The molecular formula is C15H20N2O3S. The van der Waals surface area contributed by atoms with Crippen LogP contribution in [0, 0.1) is 11.3 Å². The number of sulfonamides is 1. The Bertz CT molecular complexity index is 603. The van der Waals surface area contributed by atoms with Crippen LogP contribution in [0.4, 0.5) is 0 Å². The van der Waals surface area contributed by atoms with Gasteiger partial charge in [0.05, 0.1) is 17.4 Å². The topological polar surface area (TPSA) is 81.4 Å². The Morgan fingerprint density at radius 3 is 2.62 bits per heavy atom. The number of piperidine rings is 1. The molecule has 1 saturated heterocycles. The minimum absolute atomic E-state index is 0.00749. The van der Waals surface area contributed by atoms with Crippen molar-refractivity contribution in [3.63, 3.8) is 0 Å². The molecule has 21 heavy (non-hydrogen) atoms. The predicted molar refractivity (Wildman–Crippen MR) is 79.8 cm³/mol. The number of nitrogens with zero attached hydrogens (tertiary/aromatic N) is 2. The van der Waals surface area contributed by atoms with Crippen molar-refractivity contribution in [2.45, 2.75) is 37.5 Å². The largest absolute Gasteiger partial charge is 0.396 e. The van der Waals surface area contributed by atoms with Crippen LogP contribution in [0.2, 0.25) is 0 Å². The average Bonchev–Trinajstić information content (AvgIpc) is 2.48. The van der Waals surface area contributed by atoms with E-state index in [0.29, 0.717) is 24.1 Å². The second kappa shape index (κ2) is 7.03. The van der Waals surface area contributed by atoms with Crippen LogP contribution in [0.15, 0.2) is 24.3 Å². The lowest BCUT2D eigenvalue weighted by molar-refractivity contribution is 0.192. The molecule has 5 nitrogen and oxygen atoms in total. The molecule has 1 aliphatic rings. The second-order valence-electron chi connectivity index (χ2n) is 5.34. The van der Waals surface area contributed by atoms with E-state index in [2.05, 4.69) is 0 Å². The van der Waals surface area contributed by atoms with E-state index in [1.807, 2.05) is 6.07 Å². The van der Waals surface area contributed by atoms with Crippen molar-refractivity contribution in [2.75, 3.05) is 13.2 Å². The first-order chi connectivity index (χ1) is 10.1. The van der Waals surface area contributed by atoms with Crippen LogP contribution in [0.25, 0.3) is 0 Å². The Morgan fingerprint density at radius 2 is 2.00 bits per heavy atom. The molecule has 1 heterocycles. The van der Waals surface area contributed by atoms with Gasteiger partial charge in [0.25, 0.3) is 0 Å². The monoisotopic (exact) mass is 308 g/mol. The van der Waals surface area contributed by atoms with E-state index in [9.17, 15) is 8.42 Å². The molecular weight excluding hydrogens is 288 g/mol. The van der Waals surface area contributed by atoms with Gasteiger partial charge < -0.3 is 5.11 Å². The smallest absolute Gasteiger partial charge is 0.218 e. The average molecular weight is 308 g/mol. The number of benzene rings is 1. The molecule has 6 heteroatoms. The first-order valence-corrected chi connectivity index (χ1v) is 8.77. The van der Waals surface area contributed by atoms with E-state index in [0.717, 1.165) is 19.3 Å². The van der Waals surface area contributed by atoms with E-state index in [-0.39, 0.29) is 18.4 Å². The maximum Gasteiger partial charge on any atom is 0.218 e. The number of rotatable bonds is 5. The Kier molecular flexibility index (Phi) is 5.34. The van der Waals surface area contributed by atoms with Crippen molar-refractivity contribution in [3.8, 4) is 6.07 Å². The summed E-state index contributed by atoms with van der Waals surface area (Å²) in [5.41, 5.74) is 1.20. The van der Waals surface area contributed by atoms with Gasteiger partial charge in [0.15, 0.2) is 0 Å². The van der Waals surface area contributed by atoms with Gasteiger partial charge in [-0.25, -0.2) is 8.42 Å².